The SMILES string of the molecule is Cc1cc(C2CC2(C)C)cc(Cl)n1.NC(N)=NC=O. The van der Waals surface area contributed by atoms with Gasteiger partial charge in [0.2, 0.25) is 6.41 Å². The lowest BCUT2D eigenvalue weighted by Crippen LogP contribution is -2.22. The van der Waals surface area contributed by atoms with Crippen LogP contribution in [0.2, 0.25) is 5.15 Å². The average Bonchev–Trinajstić information content (AvgIpc) is 2.87. The van der Waals surface area contributed by atoms with Crippen LogP contribution in [0.1, 0.15) is 37.4 Å². The molecular formula is C13H19ClN4O. The monoisotopic (exact) mass is 282 g/mol. The molecule has 5 nitrogen and oxygen atoms in total. The number of carbonyl (C=O) groups is 1. The minimum atomic E-state index is -0.204. The van der Waals surface area contributed by atoms with Crippen LogP contribution in [0.3, 0.4) is 0 Å². The Labute approximate surface area is 118 Å². The molecule has 1 unspecified atom stereocenters. The molecule has 0 saturated heterocycles. The zero-order chi connectivity index (χ0) is 14.6. The van der Waals surface area contributed by atoms with Crippen LogP contribution in [0.5, 0.6) is 0 Å². The number of aromatic nitrogens is 1. The molecule has 1 fully saturated rings. The van der Waals surface area contributed by atoms with E-state index < -0.39 is 0 Å². The van der Waals surface area contributed by atoms with Crippen molar-refractivity contribution in [3.63, 3.8) is 0 Å². The Morgan fingerprint density at radius 3 is 2.42 bits per heavy atom. The van der Waals surface area contributed by atoms with Crippen LogP contribution in [0.15, 0.2) is 17.1 Å². The highest BCUT2D eigenvalue weighted by Gasteiger charge is 2.46. The Kier molecular flexibility index (Phi) is 4.89. The highest BCUT2D eigenvalue weighted by Crippen LogP contribution is 2.58. The molecule has 0 aliphatic heterocycles. The van der Waals surface area contributed by atoms with Crippen LogP contribution in [0.4, 0.5) is 0 Å². The molecule has 6 heteroatoms. The van der Waals surface area contributed by atoms with Crippen LogP contribution in [0.25, 0.3) is 0 Å². The van der Waals surface area contributed by atoms with E-state index in [1.807, 2.05) is 13.0 Å². The number of hydrogen-bond donors (Lipinski definition) is 2. The van der Waals surface area contributed by atoms with Gasteiger partial charge in [-0.3, -0.25) is 4.79 Å². The second-order valence-corrected chi connectivity index (χ2v) is 5.66. The van der Waals surface area contributed by atoms with E-state index >= 15 is 0 Å². The molecule has 1 amide bonds. The van der Waals surface area contributed by atoms with Crippen LogP contribution in [0, 0.1) is 12.3 Å². The maximum Gasteiger partial charge on any atom is 0.236 e. The molecule has 1 aliphatic carbocycles. The number of nitrogens with two attached hydrogens (primary N) is 2. The summed E-state index contributed by atoms with van der Waals surface area (Å²) in [5.41, 5.74) is 12.2. The normalized spacial score (nSPS) is 18.8. The lowest BCUT2D eigenvalue weighted by molar-refractivity contribution is -0.106. The van der Waals surface area contributed by atoms with E-state index in [2.05, 4.69) is 29.9 Å². The van der Waals surface area contributed by atoms with Crippen molar-refractivity contribution in [3.05, 3.63) is 28.5 Å². The van der Waals surface area contributed by atoms with Crippen molar-refractivity contribution in [1.29, 1.82) is 0 Å². The summed E-state index contributed by atoms with van der Waals surface area (Å²) in [5, 5.41) is 0.623. The van der Waals surface area contributed by atoms with E-state index in [4.69, 9.17) is 23.1 Å². The van der Waals surface area contributed by atoms with Gasteiger partial charge in [-0.1, -0.05) is 25.4 Å². The Balaban J connectivity index is 0.000000258. The Morgan fingerprint density at radius 2 is 2.11 bits per heavy atom. The van der Waals surface area contributed by atoms with Gasteiger partial charge in [0.25, 0.3) is 0 Å². The fraction of sp³-hybridized carbons (Fsp3) is 0.462. The zero-order valence-corrected chi connectivity index (χ0v) is 12.1. The first-order valence-electron chi connectivity index (χ1n) is 5.92. The lowest BCUT2D eigenvalue weighted by Gasteiger charge is -2.04. The molecule has 1 heterocycles. The molecule has 1 aromatic rings. The van der Waals surface area contributed by atoms with Crippen molar-refractivity contribution in [2.45, 2.75) is 33.1 Å². The number of guanidine groups is 1. The first-order valence-corrected chi connectivity index (χ1v) is 6.30. The van der Waals surface area contributed by atoms with Crippen molar-refractivity contribution in [2.24, 2.45) is 21.9 Å². The van der Waals surface area contributed by atoms with E-state index in [9.17, 15) is 4.79 Å². The fourth-order valence-electron chi connectivity index (χ4n) is 1.95. The topological polar surface area (TPSA) is 94.4 Å². The minimum absolute atomic E-state index is 0.204. The molecule has 0 spiro atoms. The Hall–Kier alpha value is -1.62. The van der Waals surface area contributed by atoms with Crippen molar-refractivity contribution < 1.29 is 4.79 Å². The van der Waals surface area contributed by atoms with Crippen LogP contribution >= 0.6 is 11.6 Å². The molecule has 1 atom stereocenters. The average molecular weight is 283 g/mol. The Bertz CT molecular complexity index is 475. The third-order valence-corrected chi connectivity index (χ3v) is 3.26. The quantitative estimate of drug-likeness (QED) is 0.375. The molecule has 4 N–H and O–H groups in total. The molecule has 0 aromatic carbocycles. The zero-order valence-electron chi connectivity index (χ0n) is 11.4. The highest BCUT2D eigenvalue weighted by atomic mass is 35.5. The van der Waals surface area contributed by atoms with Gasteiger partial charge in [0.1, 0.15) is 5.15 Å². The predicted molar refractivity (Wildman–Crippen MR) is 77.0 cm³/mol. The molecule has 0 bridgehead atoms. The van der Waals surface area contributed by atoms with E-state index in [-0.39, 0.29) is 12.4 Å². The largest absolute Gasteiger partial charge is 0.370 e. The van der Waals surface area contributed by atoms with Gasteiger partial charge in [-0.25, -0.2) is 4.98 Å². The van der Waals surface area contributed by atoms with Gasteiger partial charge < -0.3 is 11.5 Å². The molecule has 0 radical (unpaired) electrons. The number of pyridine rings is 1. The van der Waals surface area contributed by atoms with E-state index in [0.717, 1.165) is 5.69 Å². The van der Waals surface area contributed by atoms with Gasteiger partial charge in [-0.2, -0.15) is 4.99 Å². The fourth-order valence-corrected chi connectivity index (χ4v) is 2.21. The van der Waals surface area contributed by atoms with Gasteiger partial charge in [-0.05, 0) is 42.4 Å². The molecule has 2 rings (SSSR count). The maximum atomic E-state index is 9.27. The number of nitrogens with zero attached hydrogens (tertiary/aromatic N) is 2. The highest BCUT2D eigenvalue weighted by molar-refractivity contribution is 6.29. The summed E-state index contributed by atoms with van der Waals surface area (Å²) in [6.07, 6.45) is 1.56. The van der Waals surface area contributed by atoms with E-state index in [1.165, 1.54) is 12.0 Å². The number of aryl methyl sites for hydroxylation is 1. The molecule has 1 aromatic heterocycles. The van der Waals surface area contributed by atoms with Crippen molar-refractivity contribution >= 4 is 24.0 Å². The second kappa shape index (κ2) is 6.02. The number of rotatable bonds is 2. The van der Waals surface area contributed by atoms with Gasteiger partial charge in [-0.15, -0.1) is 0 Å². The summed E-state index contributed by atoms with van der Waals surface area (Å²) in [4.78, 5) is 16.3. The first-order chi connectivity index (χ1) is 8.76. The summed E-state index contributed by atoms with van der Waals surface area (Å²) < 4.78 is 0. The van der Waals surface area contributed by atoms with Crippen molar-refractivity contribution in [1.82, 2.24) is 4.98 Å². The summed E-state index contributed by atoms with van der Waals surface area (Å²) >= 11 is 5.90. The third kappa shape index (κ3) is 4.87. The number of amides is 1. The summed E-state index contributed by atoms with van der Waals surface area (Å²) in [6.45, 7) is 6.58. The molecule has 1 saturated carbocycles. The Morgan fingerprint density at radius 1 is 1.53 bits per heavy atom. The summed E-state index contributed by atoms with van der Waals surface area (Å²) in [6, 6.07) is 4.14. The smallest absolute Gasteiger partial charge is 0.236 e. The van der Waals surface area contributed by atoms with Gasteiger partial charge in [0.05, 0.1) is 0 Å². The molecule has 19 heavy (non-hydrogen) atoms. The van der Waals surface area contributed by atoms with Gasteiger partial charge in [0.15, 0.2) is 5.96 Å². The van der Waals surface area contributed by atoms with E-state index in [0.29, 0.717) is 16.5 Å². The maximum absolute atomic E-state index is 9.27. The van der Waals surface area contributed by atoms with Gasteiger partial charge in [0, 0.05) is 5.69 Å². The molecular weight excluding hydrogens is 264 g/mol. The van der Waals surface area contributed by atoms with Crippen LogP contribution < -0.4 is 11.5 Å². The third-order valence-electron chi connectivity index (χ3n) is 3.06. The second-order valence-electron chi connectivity index (χ2n) is 5.27. The number of carbonyl (C=O) groups excluding carboxylic acids is 1. The lowest BCUT2D eigenvalue weighted by atomic mass is 10.0. The van der Waals surface area contributed by atoms with E-state index in [1.54, 1.807) is 0 Å². The molecule has 1 aliphatic rings. The van der Waals surface area contributed by atoms with Gasteiger partial charge >= 0.3 is 0 Å². The predicted octanol–water partition coefficient (Wildman–Crippen LogP) is 1.97. The van der Waals surface area contributed by atoms with Crippen LogP contribution in [-0.2, 0) is 4.79 Å². The number of hydrogen-bond acceptors (Lipinski definition) is 2. The summed E-state index contributed by atoms with van der Waals surface area (Å²) in [7, 11) is 0. The number of aliphatic imine (C=N–C) groups is 1. The number of halogens is 1. The van der Waals surface area contributed by atoms with Crippen molar-refractivity contribution in [2.75, 3.05) is 0 Å². The van der Waals surface area contributed by atoms with Crippen LogP contribution in [-0.4, -0.2) is 17.4 Å². The molecule has 104 valence electrons. The standard InChI is InChI=1S/C11H14ClN.C2H5N3O/c1-7-4-8(5-10(12)13-7)9-6-11(9,2)3;3-2(4)5-1-6/h4-5,9H,6H2,1-3H3;1H,(H4,3,4,5,6). The first kappa shape index (κ1) is 15.4. The summed E-state index contributed by atoms with van der Waals surface area (Å²) in [5.74, 6) is 0.483. The minimum Gasteiger partial charge on any atom is -0.370 e. The van der Waals surface area contributed by atoms with Crippen molar-refractivity contribution in [3.8, 4) is 0 Å².